The van der Waals surface area contributed by atoms with Crippen molar-refractivity contribution in [3.8, 4) is 0 Å². The molecule has 114 valence electrons. The fraction of sp³-hybridized carbons (Fsp3) is 0.625. The van der Waals surface area contributed by atoms with Crippen molar-refractivity contribution in [2.45, 2.75) is 45.3 Å². The van der Waals surface area contributed by atoms with Gasteiger partial charge in [-0.25, -0.2) is 9.97 Å². The second-order valence-electron chi connectivity index (χ2n) is 5.60. The highest BCUT2D eigenvalue weighted by atomic mass is 16.5. The maximum Gasteiger partial charge on any atom is 0.159 e. The van der Waals surface area contributed by atoms with Crippen molar-refractivity contribution in [2.75, 3.05) is 19.7 Å². The van der Waals surface area contributed by atoms with Crippen molar-refractivity contribution in [3.63, 3.8) is 0 Å². The first-order chi connectivity index (χ1) is 10.4. The summed E-state index contributed by atoms with van der Waals surface area (Å²) < 4.78 is 8.24. The summed E-state index contributed by atoms with van der Waals surface area (Å²) in [7, 11) is 0. The lowest BCUT2D eigenvalue weighted by atomic mass is 10.1. The number of imidazole rings is 1. The molecule has 0 aromatic carbocycles. The quantitative estimate of drug-likeness (QED) is 0.885. The minimum atomic E-state index is 0.411. The third-order valence-corrected chi connectivity index (χ3v) is 4.00. The number of hydrogen-bond acceptors (Lipinski definition) is 4. The Balaban J connectivity index is 1.66. The summed E-state index contributed by atoms with van der Waals surface area (Å²) in [6, 6.07) is 3.98. The Morgan fingerprint density at radius 2 is 2.24 bits per heavy atom. The molecule has 0 atom stereocenters. The number of pyridine rings is 1. The summed E-state index contributed by atoms with van der Waals surface area (Å²) in [5.41, 5.74) is 1.99. The molecule has 3 heterocycles. The van der Waals surface area contributed by atoms with E-state index < -0.39 is 0 Å². The number of nitrogens with zero attached hydrogens (tertiary/aromatic N) is 3. The number of ether oxygens (including phenoxy) is 1. The molecule has 3 rings (SSSR count). The number of aromatic nitrogens is 3. The van der Waals surface area contributed by atoms with Crippen LogP contribution in [0.4, 0.5) is 0 Å². The van der Waals surface area contributed by atoms with Gasteiger partial charge < -0.3 is 14.6 Å². The van der Waals surface area contributed by atoms with Gasteiger partial charge in [0, 0.05) is 19.2 Å². The summed E-state index contributed by atoms with van der Waals surface area (Å²) in [5.74, 6) is 1.10. The van der Waals surface area contributed by atoms with E-state index in [0.717, 1.165) is 68.9 Å². The van der Waals surface area contributed by atoms with Gasteiger partial charge in [-0.15, -0.1) is 0 Å². The second kappa shape index (κ2) is 7.00. The van der Waals surface area contributed by atoms with Crippen LogP contribution in [0.1, 0.15) is 32.0 Å². The fourth-order valence-corrected chi connectivity index (χ4v) is 2.93. The average molecular weight is 288 g/mol. The van der Waals surface area contributed by atoms with Crippen molar-refractivity contribution in [2.24, 2.45) is 0 Å². The minimum Gasteiger partial charge on any atom is -0.378 e. The van der Waals surface area contributed by atoms with Crippen LogP contribution in [0.2, 0.25) is 0 Å². The number of aryl methyl sites for hydroxylation is 1. The lowest BCUT2D eigenvalue weighted by molar-refractivity contribution is 0.0339. The van der Waals surface area contributed by atoms with Crippen molar-refractivity contribution in [3.05, 3.63) is 24.2 Å². The van der Waals surface area contributed by atoms with Crippen LogP contribution in [0.25, 0.3) is 11.2 Å². The molecule has 2 aromatic rings. The standard InChI is InChI=1S/C16H24N4O/c1-2-11-20-15(19-14-4-3-8-18-16(14)20)7-12-21-13-5-9-17-10-6-13/h3-4,8,13,17H,2,5-7,9-12H2,1H3. The molecular weight excluding hydrogens is 264 g/mol. The third-order valence-electron chi connectivity index (χ3n) is 4.00. The van der Waals surface area contributed by atoms with Crippen molar-refractivity contribution in [1.29, 1.82) is 0 Å². The molecule has 0 radical (unpaired) electrons. The van der Waals surface area contributed by atoms with Gasteiger partial charge in [-0.05, 0) is 44.5 Å². The number of fused-ring (bicyclic) bond motifs is 1. The van der Waals surface area contributed by atoms with Crippen LogP contribution in [-0.4, -0.2) is 40.3 Å². The van der Waals surface area contributed by atoms with E-state index in [4.69, 9.17) is 9.72 Å². The van der Waals surface area contributed by atoms with Gasteiger partial charge in [0.15, 0.2) is 5.65 Å². The maximum atomic E-state index is 6.00. The number of hydrogen-bond donors (Lipinski definition) is 1. The first-order valence-corrected chi connectivity index (χ1v) is 8.01. The van der Waals surface area contributed by atoms with E-state index >= 15 is 0 Å². The zero-order chi connectivity index (χ0) is 14.5. The van der Waals surface area contributed by atoms with Gasteiger partial charge in [-0.1, -0.05) is 6.92 Å². The highest BCUT2D eigenvalue weighted by molar-refractivity contribution is 5.71. The molecule has 0 unspecified atom stereocenters. The molecule has 1 N–H and O–H groups in total. The lowest BCUT2D eigenvalue weighted by Crippen LogP contribution is -2.32. The Hall–Kier alpha value is -1.46. The van der Waals surface area contributed by atoms with Crippen molar-refractivity contribution >= 4 is 11.2 Å². The lowest BCUT2D eigenvalue weighted by Gasteiger charge is -2.22. The number of piperidine rings is 1. The molecule has 0 saturated carbocycles. The molecule has 1 aliphatic rings. The van der Waals surface area contributed by atoms with E-state index in [0.29, 0.717) is 6.10 Å². The largest absolute Gasteiger partial charge is 0.378 e. The third kappa shape index (κ3) is 3.41. The summed E-state index contributed by atoms with van der Waals surface area (Å²) in [5, 5.41) is 3.36. The number of rotatable bonds is 6. The van der Waals surface area contributed by atoms with Crippen LogP contribution < -0.4 is 5.32 Å². The van der Waals surface area contributed by atoms with Gasteiger partial charge in [0.25, 0.3) is 0 Å². The molecule has 0 bridgehead atoms. The predicted octanol–water partition coefficient (Wildman–Crippen LogP) is 2.15. The van der Waals surface area contributed by atoms with Crippen LogP contribution in [0.3, 0.4) is 0 Å². The van der Waals surface area contributed by atoms with Gasteiger partial charge in [0.2, 0.25) is 0 Å². The maximum absolute atomic E-state index is 6.00. The fourth-order valence-electron chi connectivity index (χ4n) is 2.93. The van der Waals surface area contributed by atoms with E-state index in [2.05, 4.69) is 21.8 Å². The second-order valence-corrected chi connectivity index (χ2v) is 5.60. The topological polar surface area (TPSA) is 52.0 Å². The summed E-state index contributed by atoms with van der Waals surface area (Å²) in [4.78, 5) is 9.19. The van der Waals surface area contributed by atoms with Crippen LogP contribution >= 0.6 is 0 Å². The molecule has 0 aliphatic carbocycles. The molecule has 1 fully saturated rings. The van der Waals surface area contributed by atoms with Crippen molar-refractivity contribution in [1.82, 2.24) is 19.9 Å². The minimum absolute atomic E-state index is 0.411. The van der Waals surface area contributed by atoms with Gasteiger partial charge >= 0.3 is 0 Å². The van der Waals surface area contributed by atoms with E-state index in [1.165, 1.54) is 0 Å². The zero-order valence-electron chi connectivity index (χ0n) is 12.7. The van der Waals surface area contributed by atoms with Crippen LogP contribution in [-0.2, 0) is 17.7 Å². The molecular formula is C16H24N4O. The Labute approximate surface area is 125 Å². The highest BCUT2D eigenvalue weighted by Crippen LogP contribution is 2.15. The average Bonchev–Trinajstić information content (AvgIpc) is 2.87. The summed E-state index contributed by atoms with van der Waals surface area (Å²) in [6.07, 6.45) is 6.43. The van der Waals surface area contributed by atoms with E-state index in [9.17, 15) is 0 Å². The zero-order valence-corrected chi connectivity index (χ0v) is 12.7. The van der Waals surface area contributed by atoms with Gasteiger partial charge in [-0.2, -0.15) is 0 Å². The Morgan fingerprint density at radius 1 is 1.38 bits per heavy atom. The first kappa shape index (κ1) is 14.5. The van der Waals surface area contributed by atoms with Crippen LogP contribution in [0.5, 0.6) is 0 Å². The molecule has 21 heavy (non-hydrogen) atoms. The highest BCUT2D eigenvalue weighted by Gasteiger charge is 2.15. The van der Waals surface area contributed by atoms with E-state index in [-0.39, 0.29) is 0 Å². The molecule has 0 amide bonds. The Morgan fingerprint density at radius 3 is 3.05 bits per heavy atom. The SMILES string of the molecule is CCCn1c(CCOC2CCNCC2)nc2cccnc21. The first-order valence-electron chi connectivity index (χ1n) is 8.01. The Kier molecular flexibility index (Phi) is 4.83. The molecule has 0 spiro atoms. The molecule has 1 aliphatic heterocycles. The normalized spacial score (nSPS) is 16.6. The van der Waals surface area contributed by atoms with Crippen LogP contribution in [0.15, 0.2) is 18.3 Å². The summed E-state index contributed by atoms with van der Waals surface area (Å²) in [6.45, 7) is 6.05. The summed E-state index contributed by atoms with van der Waals surface area (Å²) >= 11 is 0. The monoisotopic (exact) mass is 288 g/mol. The smallest absolute Gasteiger partial charge is 0.159 e. The molecule has 5 heteroatoms. The van der Waals surface area contributed by atoms with Gasteiger partial charge in [-0.3, -0.25) is 0 Å². The number of nitrogens with one attached hydrogen (secondary N) is 1. The van der Waals surface area contributed by atoms with Crippen LogP contribution in [0, 0.1) is 0 Å². The molecule has 2 aromatic heterocycles. The Bertz CT molecular complexity index is 575. The van der Waals surface area contributed by atoms with Gasteiger partial charge in [0.1, 0.15) is 11.3 Å². The molecule has 5 nitrogen and oxygen atoms in total. The van der Waals surface area contributed by atoms with Gasteiger partial charge in [0.05, 0.1) is 12.7 Å². The van der Waals surface area contributed by atoms with E-state index in [1.807, 2.05) is 18.3 Å². The van der Waals surface area contributed by atoms with E-state index in [1.54, 1.807) is 0 Å². The van der Waals surface area contributed by atoms with Crippen molar-refractivity contribution < 1.29 is 4.74 Å². The predicted molar refractivity (Wildman–Crippen MR) is 83.4 cm³/mol. The molecule has 1 saturated heterocycles.